The van der Waals surface area contributed by atoms with Gasteiger partial charge in [0.2, 0.25) is 0 Å². The molecule has 5 heteroatoms. The lowest BCUT2D eigenvalue weighted by Gasteiger charge is -2.18. The van der Waals surface area contributed by atoms with Crippen LogP contribution in [0.3, 0.4) is 0 Å². The first-order chi connectivity index (χ1) is 6.84. The van der Waals surface area contributed by atoms with Crippen LogP contribution in [0.4, 0.5) is 0 Å². The van der Waals surface area contributed by atoms with E-state index in [1.807, 2.05) is 6.92 Å². The number of likely N-dealkylation sites (N-methyl/N-ethyl adjacent to an activating group) is 1. The van der Waals surface area contributed by atoms with Crippen molar-refractivity contribution in [3.8, 4) is 0 Å². The predicted octanol–water partition coefficient (Wildman–Crippen LogP) is -0.647. The fraction of sp³-hybridized carbons (Fsp3) is 1.00. The maximum atomic E-state index is 8.94. The summed E-state index contributed by atoms with van der Waals surface area (Å²) in [6.45, 7) is 10.3. The number of hydrogen-bond acceptors (Lipinski definition) is 5. The van der Waals surface area contributed by atoms with Gasteiger partial charge >= 0.3 is 0 Å². The van der Waals surface area contributed by atoms with Crippen molar-refractivity contribution in [3.63, 3.8) is 0 Å². The normalized spacial score (nSPS) is 16.6. The maximum Gasteiger partial charge on any atom is 0.128 e. The van der Waals surface area contributed by atoms with Crippen molar-refractivity contribution >= 4 is 0 Å². The van der Waals surface area contributed by atoms with Gasteiger partial charge in [0.05, 0.1) is 12.2 Å². The Morgan fingerprint density at radius 3 is 1.47 bits per heavy atom. The quantitative estimate of drug-likeness (QED) is 0.464. The van der Waals surface area contributed by atoms with Gasteiger partial charge in [-0.2, -0.15) is 0 Å². The highest BCUT2D eigenvalue weighted by Crippen LogP contribution is 1.89. The summed E-state index contributed by atoms with van der Waals surface area (Å²) in [5.74, 6) is 0. The second-order valence-electron chi connectivity index (χ2n) is 3.57. The van der Waals surface area contributed by atoms with E-state index in [2.05, 4.69) is 18.7 Å². The van der Waals surface area contributed by atoms with Crippen molar-refractivity contribution in [1.29, 1.82) is 0 Å². The van der Waals surface area contributed by atoms with Crippen LogP contribution in [-0.2, 0) is 0 Å². The molecule has 0 saturated heterocycles. The topological polar surface area (TPSA) is 90.0 Å². The zero-order chi connectivity index (χ0) is 12.4. The molecule has 94 valence electrons. The highest BCUT2D eigenvalue weighted by atomic mass is 16.3. The number of nitrogens with zero attached hydrogens (tertiary/aromatic N) is 1. The van der Waals surface area contributed by atoms with Gasteiger partial charge < -0.3 is 26.0 Å². The van der Waals surface area contributed by atoms with Crippen LogP contribution in [0.5, 0.6) is 0 Å². The fourth-order valence-electron chi connectivity index (χ4n) is 0.855. The lowest BCUT2D eigenvalue weighted by molar-refractivity contribution is 0.0359. The molecule has 0 saturated carbocycles. The van der Waals surface area contributed by atoms with E-state index in [-0.39, 0.29) is 6.10 Å². The molecule has 15 heavy (non-hydrogen) atoms. The van der Waals surface area contributed by atoms with Gasteiger partial charge in [-0.3, -0.25) is 0 Å². The first-order valence-electron chi connectivity index (χ1n) is 5.37. The van der Waals surface area contributed by atoms with Gasteiger partial charge in [-0.1, -0.05) is 13.8 Å². The fourth-order valence-corrected chi connectivity index (χ4v) is 0.855. The number of nitrogens with two attached hydrogens (primary N) is 1. The SMILES string of the molecule is CC(O)C(N)O.CCN(CC)CC(C)O. The Labute approximate surface area is 92.5 Å². The van der Waals surface area contributed by atoms with Crippen LogP contribution >= 0.6 is 0 Å². The minimum Gasteiger partial charge on any atom is -0.392 e. The molecule has 0 aliphatic heterocycles. The predicted molar refractivity (Wildman–Crippen MR) is 61.3 cm³/mol. The average molecular weight is 222 g/mol. The molecule has 0 amide bonds. The van der Waals surface area contributed by atoms with E-state index in [0.717, 1.165) is 19.6 Å². The van der Waals surface area contributed by atoms with Gasteiger partial charge in [0.1, 0.15) is 6.23 Å². The van der Waals surface area contributed by atoms with Crippen LogP contribution in [0.25, 0.3) is 0 Å². The van der Waals surface area contributed by atoms with Crippen LogP contribution in [0, 0.1) is 0 Å². The van der Waals surface area contributed by atoms with E-state index in [0.29, 0.717) is 0 Å². The minimum atomic E-state index is -1.09. The lowest BCUT2D eigenvalue weighted by atomic mass is 10.3. The van der Waals surface area contributed by atoms with Gasteiger partial charge in [-0.15, -0.1) is 0 Å². The molecule has 0 aromatic carbocycles. The molecule has 0 spiro atoms. The standard InChI is InChI=1S/C7H17NO.C3H9NO2/c1-4-8(5-2)6-7(3)9;1-2(5)3(4)6/h7,9H,4-6H2,1-3H3;2-3,5-6H,4H2,1H3. The Hall–Kier alpha value is -0.200. The van der Waals surface area contributed by atoms with E-state index in [9.17, 15) is 0 Å². The van der Waals surface area contributed by atoms with Gasteiger partial charge in [-0.05, 0) is 26.9 Å². The zero-order valence-corrected chi connectivity index (χ0v) is 10.2. The van der Waals surface area contributed by atoms with Crippen molar-refractivity contribution in [3.05, 3.63) is 0 Å². The Morgan fingerprint density at radius 2 is 1.40 bits per heavy atom. The summed E-state index contributed by atoms with van der Waals surface area (Å²) in [5, 5.41) is 25.4. The highest BCUT2D eigenvalue weighted by Gasteiger charge is 2.01. The summed E-state index contributed by atoms with van der Waals surface area (Å²) in [6.07, 6.45) is -2.10. The molecule has 0 aromatic rings. The third-order valence-electron chi connectivity index (χ3n) is 1.91. The molecular formula is C10H26N2O3. The van der Waals surface area contributed by atoms with Gasteiger partial charge in [0, 0.05) is 6.54 Å². The third kappa shape index (κ3) is 13.8. The van der Waals surface area contributed by atoms with E-state index in [1.165, 1.54) is 6.92 Å². The zero-order valence-electron chi connectivity index (χ0n) is 10.2. The summed E-state index contributed by atoms with van der Waals surface area (Å²) in [4.78, 5) is 2.20. The first-order valence-corrected chi connectivity index (χ1v) is 5.37. The van der Waals surface area contributed by atoms with Gasteiger partial charge in [-0.25, -0.2) is 0 Å². The minimum absolute atomic E-state index is 0.190. The average Bonchev–Trinajstić information content (AvgIpc) is 2.14. The Morgan fingerprint density at radius 1 is 1.07 bits per heavy atom. The summed E-state index contributed by atoms with van der Waals surface area (Å²) >= 11 is 0. The van der Waals surface area contributed by atoms with Gasteiger partial charge in [0.25, 0.3) is 0 Å². The Bertz CT molecular complexity index is 120. The van der Waals surface area contributed by atoms with E-state index >= 15 is 0 Å². The van der Waals surface area contributed by atoms with Crippen LogP contribution in [0.1, 0.15) is 27.7 Å². The van der Waals surface area contributed by atoms with Crippen molar-refractivity contribution in [1.82, 2.24) is 4.90 Å². The second kappa shape index (κ2) is 10.3. The molecule has 0 fully saturated rings. The van der Waals surface area contributed by atoms with Crippen LogP contribution in [-0.4, -0.2) is 58.3 Å². The molecule has 3 atom stereocenters. The number of aliphatic hydroxyl groups is 3. The molecular weight excluding hydrogens is 196 g/mol. The van der Waals surface area contributed by atoms with Crippen molar-refractivity contribution in [2.75, 3.05) is 19.6 Å². The summed E-state index contributed by atoms with van der Waals surface area (Å²) < 4.78 is 0. The Kier molecular flexibility index (Phi) is 11.8. The summed E-state index contributed by atoms with van der Waals surface area (Å²) in [7, 11) is 0. The van der Waals surface area contributed by atoms with Crippen LogP contribution < -0.4 is 5.73 Å². The molecule has 5 nitrogen and oxygen atoms in total. The molecule has 0 rings (SSSR count). The molecule has 3 unspecified atom stereocenters. The van der Waals surface area contributed by atoms with Crippen molar-refractivity contribution in [2.45, 2.75) is 46.1 Å². The van der Waals surface area contributed by atoms with E-state index < -0.39 is 12.3 Å². The molecule has 0 radical (unpaired) electrons. The largest absolute Gasteiger partial charge is 0.392 e. The van der Waals surface area contributed by atoms with Gasteiger partial charge in [0.15, 0.2) is 0 Å². The smallest absolute Gasteiger partial charge is 0.128 e. The van der Waals surface area contributed by atoms with Crippen LogP contribution in [0.2, 0.25) is 0 Å². The summed E-state index contributed by atoms with van der Waals surface area (Å²) in [6, 6.07) is 0. The van der Waals surface area contributed by atoms with E-state index in [1.54, 1.807) is 0 Å². The molecule has 0 aliphatic carbocycles. The van der Waals surface area contributed by atoms with E-state index in [4.69, 9.17) is 21.1 Å². The number of aliphatic hydroxyl groups excluding tert-OH is 3. The maximum absolute atomic E-state index is 8.94. The van der Waals surface area contributed by atoms with Crippen molar-refractivity contribution in [2.24, 2.45) is 5.73 Å². The number of hydrogen-bond donors (Lipinski definition) is 4. The Balaban J connectivity index is 0. The third-order valence-corrected chi connectivity index (χ3v) is 1.91. The van der Waals surface area contributed by atoms with Crippen LogP contribution in [0.15, 0.2) is 0 Å². The lowest BCUT2D eigenvalue weighted by Crippen LogP contribution is -2.31. The molecule has 0 bridgehead atoms. The number of rotatable bonds is 5. The summed E-state index contributed by atoms with van der Waals surface area (Å²) in [5.41, 5.74) is 4.74. The van der Waals surface area contributed by atoms with Crippen molar-refractivity contribution < 1.29 is 15.3 Å². The molecule has 0 aliphatic rings. The molecule has 0 aromatic heterocycles. The second-order valence-corrected chi connectivity index (χ2v) is 3.57. The first kappa shape index (κ1) is 17.2. The highest BCUT2D eigenvalue weighted by molar-refractivity contribution is 4.55. The monoisotopic (exact) mass is 222 g/mol. The molecule has 0 heterocycles. The molecule has 5 N–H and O–H groups in total.